The van der Waals surface area contributed by atoms with Crippen LogP contribution in [0.3, 0.4) is 0 Å². The Morgan fingerprint density at radius 1 is 0.782 bits per heavy atom. The van der Waals surface area contributed by atoms with E-state index < -0.39 is 0 Å². The first-order valence-electron chi connectivity index (χ1n) is 19.5. The number of aryl methyl sites for hydroxylation is 2. The van der Waals surface area contributed by atoms with Crippen molar-refractivity contribution < 1.29 is 19.1 Å². The Bertz CT molecular complexity index is 2270. The standard InChI is InChI=1S/C44H45Cl2N5O4/c1-25(52)49-21-44(22-49)23-51(24-44)34-12-10-26-14-28(16-36(54-2)38(26)34)29-6-4-7-30(40(29)45)31-8-5-9-32(41(31)46)33-15-27-11-13-35(39(27)42(48-33)55-3)50-19-43(20-50)17-37(53)47-18-43/h4-9,14-16,34-35H,10-13,17-24H2,1-3H3,(H,47,53)/t34-,35-/m1/s1. The second-order valence-corrected chi connectivity index (χ2v) is 17.7. The summed E-state index contributed by atoms with van der Waals surface area (Å²) >= 11 is 14.6. The quantitative estimate of drug-likeness (QED) is 0.210. The molecule has 3 aromatic carbocycles. The lowest BCUT2D eigenvalue weighted by Gasteiger charge is -2.61. The number of amides is 2. The van der Waals surface area contributed by atoms with Crippen LogP contribution in [0.25, 0.3) is 33.5 Å². The van der Waals surface area contributed by atoms with E-state index in [1.807, 2.05) is 35.2 Å². The SMILES string of the molecule is COc1cc(-c2cccc(-c3cccc(-c4cc5c(c(OC)n4)[C@H](N4CC6(CNC(=O)C6)C4)CC5)c3Cl)c2Cl)cc2c1[C@H](N1CC3(CN(C(C)=O)C3)C1)CC2. The molecule has 11 heteroatoms. The van der Waals surface area contributed by atoms with Gasteiger partial charge < -0.3 is 19.7 Å². The Kier molecular flexibility index (Phi) is 8.31. The number of hydrogen-bond acceptors (Lipinski definition) is 7. The van der Waals surface area contributed by atoms with Crippen LogP contribution in [0.1, 0.15) is 60.5 Å². The highest BCUT2D eigenvalue weighted by Crippen LogP contribution is 2.52. The number of pyridine rings is 1. The Labute approximate surface area is 331 Å². The Hall–Kier alpha value is -4.15. The Balaban J connectivity index is 0.923. The van der Waals surface area contributed by atoms with E-state index in [1.165, 1.54) is 16.7 Å². The van der Waals surface area contributed by atoms with Gasteiger partial charge in [0.25, 0.3) is 0 Å². The molecule has 55 heavy (non-hydrogen) atoms. The number of aromatic nitrogens is 1. The van der Waals surface area contributed by atoms with Gasteiger partial charge in [-0.2, -0.15) is 0 Å². The predicted octanol–water partition coefficient (Wildman–Crippen LogP) is 7.37. The predicted molar refractivity (Wildman–Crippen MR) is 214 cm³/mol. The molecule has 10 rings (SSSR count). The van der Waals surface area contributed by atoms with Gasteiger partial charge in [0, 0.05) is 115 Å². The monoisotopic (exact) mass is 777 g/mol. The van der Waals surface area contributed by atoms with E-state index in [2.05, 4.69) is 39.4 Å². The molecule has 284 valence electrons. The summed E-state index contributed by atoms with van der Waals surface area (Å²) in [7, 11) is 3.45. The number of halogens is 2. The number of hydrogen-bond donors (Lipinski definition) is 1. The zero-order chi connectivity index (χ0) is 37.8. The molecule has 2 spiro atoms. The molecule has 1 aromatic heterocycles. The molecule has 6 aliphatic rings. The summed E-state index contributed by atoms with van der Waals surface area (Å²) in [5.41, 5.74) is 10.6. The van der Waals surface area contributed by atoms with E-state index in [-0.39, 0.29) is 28.7 Å². The van der Waals surface area contributed by atoms with E-state index in [0.29, 0.717) is 28.4 Å². The van der Waals surface area contributed by atoms with Crippen molar-refractivity contribution in [2.45, 2.75) is 51.1 Å². The molecule has 2 aliphatic carbocycles. The molecular weight excluding hydrogens is 733 g/mol. The van der Waals surface area contributed by atoms with Crippen molar-refractivity contribution in [1.29, 1.82) is 0 Å². The number of likely N-dealkylation sites (tertiary alicyclic amines) is 3. The number of nitrogens with one attached hydrogen (secondary N) is 1. The summed E-state index contributed by atoms with van der Waals surface area (Å²) in [5, 5.41) is 4.25. The fourth-order valence-corrected chi connectivity index (χ4v) is 11.4. The van der Waals surface area contributed by atoms with Gasteiger partial charge in [0.05, 0.1) is 30.0 Å². The van der Waals surface area contributed by atoms with E-state index in [1.54, 1.807) is 21.1 Å². The summed E-state index contributed by atoms with van der Waals surface area (Å²) in [6.07, 6.45) is 4.58. The van der Waals surface area contributed by atoms with Gasteiger partial charge in [0.15, 0.2) is 0 Å². The van der Waals surface area contributed by atoms with Crippen LogP contribution in [-0.4, -0.2) is 91.5 Å². The van der Waals surface area contributed by atoms with Crippen molar-refractivity contribution in [2.24, 2.45) is 10.8 Å². The number of ether oxygens (including phenoxy) is 2. The van der Waals surface area contributed by atoms with Crippen molar-refractivity contribution >= 4 is 35.0 Å². The van der Waals surface area contributed by atoms with Gasteiger partial charge in [0.1, 0.15) is 5.75 Å². The molecular formula is C44H45Cl2N5O4. The lowest BCUT2D eigenvalue weighted by molar-refractivity contribution is -0.161. The summed E-state index contributed by atoms with van der Waals surface area (Å²) in [4.78, 5) is 35.8. The van der Waals surface area contributed by atoms with Crippen molar-refractivity contribution in [1.82, 2.24) is 25.0 Å². The van der Waals surface area contributed by atoms with Gasteiger partial charge in [-0.1, -0.05) is 65.7 Å². The highest BCUT2D eigenvalue weighted by molar-refractivity contribution is 6.39. The molecule has 4 aromatic rings. The highest BCUT2D eigenvalue weighted by atomic mass is 35.5. The van der Waals surface area contributed by atoms with Crippen LogP contribution in [0.4, 0.5) is 0 Å². The summed E-state index contributed by atoms with van der Waals surface area (Å²) < 4.78 is 12.0. The molecule has 9 nitrogen and oxygen atoms in total. The third kappa shape index (κ3) is 5.59. The first-order chi connectivity index (χ1) is 26.6. The molecule has 4 fully saturated rings. The second kappa shape index (κ2) is 12.9. The second-order valence-electron chi connectivity index (χ2n) is 16.9. The molecule has 1 N–H and O–H groups in total. The number of benzene rings is 3. The fourth-order valence-electron chi connectivity index (χ4n) is 10.8. The van der Waals surface area contributed by atoms with Crippen LogP contribution in [0.2, 0.25) is 10.0 Å². The fraction of sp³-hybridized carbons (Fsp3) is 0.432. The van der Waals surface area contributed by atoms with Crippen LogP contribution in [0, 0.1) is 10.8 Å². The molecule has 0 radical (unpaired) electrons. The first kappa shape index (κ1) is 35.3. The maximum Gasteiger partial charge on any atom is 0.220 e. The highest BCUT2D eigenvalue weighted by Gasteiger charge is 2.55. The number of carbonyl (C=O) groups excluding carboxylic acids is 2. The van der Waals surface area contributed by atoms with Crippen molar-refractivity contribution in [3.8, 4) is 45.1 Å². The minimum absolute atomic E-state index is 0.0678. The molecule has 2 atom stereocenters. The lowest BCUT2D eigenvalue weighted by Crippen LogP contribution is -2.72. The van der Waals surface area contributed by atoms with E-state index >= 15 is 0 Å². The van der Waals surface area contributed by atoms with Crippen LogP contribution in [-0.2, 0) is 22.4 Å². The number of fused-ring (bicyclic) bond motifs is 2. The summed E-state index contributed by atoms with van der Waals surface area (Å²) in [6, 6.07) is 19.3. The minimum atomic E-state index is 0.0678. The lowest BCUT2D eigenvalue weighted by atomic mass is 9.71. The van der Waals surface area contributed by atoms with Crippen molar-refractivity contribution in [3.05, 3.63) is 86.9 Å². The Morgan fingerprint density at radius 2 is 1.38 bits per heavy atom. The van der Waals surface area contributed by atoms with Crippen LogP contribution in [0.5, 0.6) is 11.6 Å². The number of nitrogens with zero attached hydrogens (tertiary/aromatic N) is 4. The van der Waals surface area contributed by atoms with Gasteiger partial charge in [-0.15, -0.1) is 0 Å². The third-order valence-electron chi connectivity index (χ3n) is 13.4. The van der Waals surface area contributed by atoms with E-state index in [9.17, 15) is 9.59 Å². The average Bonchev–Trinajstić information content (AvgIpc) is 3.86. The maximum atomic E-state index is 11.9. The van der Waals surface area contributed by atoms with Gasteiger partial charge >= 0.3 is 0 Å². The smallest absolute Gasteiger partial charge is 0.220 e. The number of carbonyl (C=O) groups is 2. The number of rotatable bonds is 7. The van der Waals surface area contributed by atoms with Crippen molar-refractivity contribution in [3.63, 3.8) is 0 Å². The molecule has 2 amide bonds. The van der Waals surface area contributed by atoms with Crippen LogP contribution < -0.4 is 14.8 Å². The molecule has 4 saturated heterocycles. The summed E-state index contributed by atoms with van der Waals surface area (Å²) in [6.45, 7) is 8.05. The van der Waals surface area contributed by atoms with Crippen molar-refractivity contribution in [2.75, 3.05) is 60.0 Å². The van der Waals surface area contributed by atoms with E-state index in [0.717, 1.165) is 116 Å². The molecule has 4 aliphatic heterocycles. The maximum absolute atomic E-state index is 11.9. The molecule has 0 bridgehead atoms. The molecule has 5 heterocycles. The van der Waals surface area contributed by atoms with E-state index in [4.69, 9.17) is 37.7 Å². The van der Waals surface area contributed by atoms with Crippen LogP contribution in [0.15, 0.2) is 54.6 Å². The zero-order valence-electron chi connectivity index (χ0n) is 31.5. The normalized spacial score (nSPS) is 23.2. The summed E-state index contributed by atoms with van der Waals surface area (Å²) in [5.74, 6) is 1.87. The zero-order valence-corrected chi connectivity index (χ0v) is 33.0. The largest absolute Gasteiger partial charge is 0.496 e. The average molecular weight is 779 g/mol. The van der Waals surface area contributed by atoms with Crippen LogP contribution >= 0.6 is 23.2 Å². The molecule has 0 saturated carbocycles. The minimum Gasteiger partial charge on any atom is -0.496 e. The van der Waals surface area contributed by atoms with Gasteiger partial charge in [-0.3, -0.25) is 19.4 Å². The van der Waals surface area contributed by atoms with Gasteiger partial charge in [0.2, 0.25) is 17.7 Å². The topological polar surface area (TPSA) is 87.2 Å². The van der Waals surface area contributed by atoms with Gasteiger partial charge in [-0.25, -0.2) is 4.98 Å². The third-order valence-corrected chi connectivity index (χ3v) is 14.2. The Morgan fingerprint density at radius 3 is 2.00 bits per heavy atom. The number of methoxy groups -OCH3 is 2. The molecule has 0 unspecified atom stereocenters. The van der Waals surface area contributed by atoms with Gasteiger partial charge in [-0.05, 0) is 54.5 Å². The first-order valence-corrected chi connectivity index (χ1v) is 20.2.